The van der Waals surface area contributed by atoms with Crippen LogP contribution < -0.4 is 18.5 Å². The molecule has 38 heavy (non-hydrogen) atoms. The number of aryl methyl sites for hydroxylation is 1. The molecule has 1 atom stereocenters. The SMILES string of the molecule is COC(=O)c1cc(-c2nc(OC)c(Oc3ccccc3OC)c(N(c3ccc(C)cn3)S(=O)O)n2)ccn1. The Hall–Kier alpha value is -4.62. The van der Waals surface area contributed by atoms with Gasteiger partial charge in [-0.05, 0) is 42.8 Å². The molecule has 0 aliphatic carbocycles. The van der Waals surface area contributed by atoms with E-state index in [9.17, 15) is 13.6 Å². The molecule has 0 bridgehead atoms. The Morgan fingerprint density at radius 2 is 1.74 bits per heavy atom. The van der Waals surface area contributed by atoms with Crippen molar-refractivity contribution in [1.29, 1.82) is 0 Å². The number of hydrogen-bond acceptors (Lipinski definition) is 10. The van der Waals surface area contributed by atoms with Crippen LogP contribution >= 0.6 is 0 Å². The van der Waals surface area contributed by atoms with Crippen LogP contribution in [-0.4, -0.2) is 56.0 Å². The summed E-state index contributed by atoms with van der Waals surface area (Å²) in [6.45, 7) is 1.83. The highest BCUT2D eigenvalue weighted by molar-refractivity contribution is 7.81. The molecule has 0 aliphatic rings. The first kappa shape index (κ1) is 26.4. The number of nitrogens with zero attached hydrogens (tertiary/aromatic N) is 5. The average molecular weight is 538 g/mol. The molecule has 196 valence electrons. The van der Waals surface area contributed by atoms with Crippen molar-refractivity contribution in [3.63, 3.8) is 0 Å². The number of esters is 1. The van der Waals surface area contributed by atoms with E-state index in [1.165, 1.54) is 33.6 Å². The standard InChI is InChI=1S/C25H23N5O7S/c1-15-9-10-20(27-14-15)30(38(32)33)23-21(37-19-8-6-5-7-18(19)34-2)24(35-3)29-22(28-23)16-11-12-26-17(13-16)25(31)36-4/h5-14H,1-4H3,(H,32,33). The number of aromatic nitrogens is 4. The van der Waals surface area contributed by atoms with Crippen molar-refractivity contribution in [2.24, 2.45) is 0 Å². The summed E-state index contributed by atoms with van der Waals surface area (Å²) in [5, 5.41) is 0. The summed E-state index contributed by atoms with van der Waals surface area (Å²) >= 11 is -2.65. The molecule has 0 saturated carbocycles. The molecule has 1 N–H and O–H groups in total. The fourth-order valence-electron chi connectivity index (χ4n) is 3.35. The highest BCUT2D eigenvalue weighted by atomic mass is 32.2. The van der Waals surface area contributed by atoms with E-state index in [0.29, 0.717) is 11.3 Å². The van der Waals surface area contributed by atoms with Crippen LogP contribution in [0.15, 0.2) is 60.9 Å². The molecule has 0 radical (unpaired) electrons. The van der Waals surface area contributed by atoms with E-state index in [0.717, 1.165) is 9.87 Å². The predicted molar refractivity (Wildman–Crippen MR) is 138 cm³/mol. The van der Waals surface area contributed by atoms with Gasteiger partial charge in [0, 0.05) is 18.0 Å². The van der Waals surface area contributed by atoms with Gasteiger partial charge in [-0.2, -0.15) is 9.29 Å². The van der Waals surface area contributed by atoms with Gasteiger partial charge in [0.1, 0.15) is 11.5 Å². The summed E-state index contributed by atoms with van der Waals surface area (Å²) in [7, 11) is 4.08. The van der Waals surface area contributed by atoms with E-state index >= 15 is 0 Å². The Balaban J connectivity index is 1.97. The normalized spacial score (nSPS) is 11.4. The Bertz CT molecular complexity index is 1480. The number of carbonyl (C=O) groups excluding carboxylic acids is 1. The average Bonchev–Trinajstić information content (AvgIpc) is 2.94. The molecule has 12 nitrogen and oxygen atoms in total. The Labute approximate surface area is 220 Å². The maximum atomic E-state index is 12.7. The zero-order chi connectivity index (χ0) is 27.2. The molecule has 4 aromatic rings. The van der Waals surface area contributed by atoms with Gasteiger partial charge >= 0.3 is 5.97 Å². The van der Waals surface area contributed by atoms with Gasteiger partial charge in [0.05, 0.1) is 21.3 Å². The maximum absolute atomic E-state index is 12.7. The molecule has 0 amide bonds. The molecule has 13 heteroatoms. The monoisotopic (exact) mass is 537 g/mol. The minimum absolute atomic E-state index is 0.0197. The lowest BCUT2D eigenvalue weighted by molar-refractivity contribution is 0.0594. The van der Waals surface area contributed by atoms with Crippen LogP contribution in [0.25, 0.3) is 11.4 Å². The molecular formula is C25H23N5O7S. The fourth-order valence-corrected chi connectivity index (χ4v) is 3.89. The van der Waals surface area contributed by atoms with Crippen LogP contribution in [0.1, 0.15) is 16.1 Å². The van der Waals surface area contributed by atoms with Gasteiger partial charge in [0.25, 0.3) is 17.1 Å². The Morgan fingerprint density at radius 3 is 2.37 bits per heavy atom. The van der Waals surface area contributed by atoms with Crippen molar-refractivity contribution in [3.8, 4) is 34.5 Å². The highest BCUT2D eigenvalue weighted by Gasteiger charge is 2.29. The largest absolute Gasteiger partial charge is 0.493 e. The van der Waals surface area contributed by atoms with Gasteiger partial charge in [0.2, 0.25) is 5.75 Å². The van der Waals surface area contributed by atoms with Crippen LogP contribution in [0, 0.1) is 6.92 Å². The second-order valence-electron chi connectivity index (χ2n) is 7.60. The molecular weight excluding hydrogens is 514 g/mol. The Kier molecular flexibility index (Phi) is 8.09. The zero-order valence-electron chi connectivity index (χ0n) is 20.8. The van der Waals surface area contributed by atoms with Gasteiger partial charge in [0.15, 0.2) is 23.1 Å². The molecule has 3 aromatic heterocycles. The van der Waals surface area contributed by atoms with E-state index in [1.807, 2.05) is 6.92 Å². The molecule has 0 fully saturated rings. The number of hydrogen-bond donors (Lipinski definition) is 1. The zero-order valence-corrected chi connectivity index (χ0v) is 21.6. The van der Waals surface area contributed by atoms with Gasteiger partial charge in [-0.25, -0.2) is 24.0 Å². The summed E-state index contributed by atoms with van der Waals surface area (Å²) in [6.07, 6.45) is 2.93. The van der Waals surface area contributed by atoms with E-state index in [1.54, 1.807) is 48.7 Å². The van der Waals surface area contributed by atoms with Crippen molar-refractivity contribution >= 4 is 28.9 Å². The predicted octanol–water partition coefficient (Wildman–Crippen LogP) is 4.11. The Morgan fingerprint density at radius 1 is 0.974 bits per heavy atom. The van der Waals surface area contributed by atoms with Gasteiger partial charge in [-0.1, -0.05) is 18.2 Å². The first-order valence-corrected chi connectivity index (χ1v) is 12.1. The third-order valence-corrected chi connectivity index (χ3v) is 5.83. The summed E-state index contributed by atoms with van der Waals surface area (Å²) in [5.41, 5.74) is 1.23. The number of carbonyl (C=O) groups is 1. The molecule has 3 heterocycles. The van der Waals surface area contributed by atoms with Crippen LogP contribution in [0.2, 0.25) is 0 Å². The van der Waals surface area contributed by atoms with Crippen molar-refractivity contribution < 1.29 is 32.5 Å². The number of ether oxygens (including phenoxy) is 4. The number of methoxy groups -OCH3 is 3. The van der Waals surface area contributed by atoms with E-state index < -0.39 is 17.2 Å². The van der Waals surface area contributed by atoms with Gasteiger partial charge in [-0.15, -0.1) is 0 Å². The number of benzene rings is 1. The lowest BCUT2D eigenvalue weighted by Gasteiger charge is -2.23. The number of rotatable bonds is 9. The van der Waals surface area contributed by atoms with Crippen molar-refractivity contribution in [3.05, 3.63) is 72.2 Å². The molecule has 0 spiro atoms. The molecule has 0 saturated heterocycles. The van der Waals surface area contributed by atoms with E-state index in [-0.39, 0.29) is 40.5 Å². The maximum Gasteiger partial charge on any atom is 0.356 e. The van der Waals surface area contributed by atoms with Crippen molar-refractivity contribution in [2.75, 3.05) is 25.6 Å². The van der Waals surface area contributed by atoms with E-state index in [4.69, 9.17) is 18.9 Å². The van der Waals surface area contributed by atoms with Crippen LogP contribution in [-0.2, 0) is 16.0 Å². The minimum atomic E-state index is -2.65. The third kappa shape index (κ3) is 5.53. The van der Waals surface area contributed by atoms with Gasteiger partial charge < -0.3 is 18.9 Å². The first-order valence-electron chi connectivity index (χ1n) is 11.0. The first-order chi connectivity index (χ1) is 18.4. The van der Waals surface area contributed by atoms with Crippen molar-refractivity contribution in [2.45, 2.75) is 6.92 Å². The number of para-hydroxylation sites is 2. The van der Waals surface area contributed by atoms with Crippen LogP contribution in [0.5, 0.6) is 23.1 Å². The summed E-state index contributed by atoms with van der Waals surface area (Å²) in [4.78, 5) is 29.3. The second-order valence-corrected chi connectivity index (χ2v) is 8.43. The number of pyridine rings is 2. The molecule has 1 aromatic carbocycles. The van der Waals surface area contributed by atoms with E-state index in [2.05, 4.69) is 19.9 Å². The number of anilines is 2. The third-order valence-electron chi connectivity index (χ3n) is 5.16. The fraction of sp³-hybridized carbons (Fsp3) is 0.160. The lowest BCUT2D eigenvalue weighted by atomic mass is 10.2. The topological polar surface area (TPSA) is 146 Å². The van der Waals surface area contributed by atoms with Crippen molar-refractivity contribution in [1.82, 2.24) is 19.9 Å². The summed E-state index contributed by atoms with van der Waals surface area (Å²) in [5.74, 6) is -0.0848. The molecule has 1 unspecified atom stereocenters. The molecule has 4 rings (SSSR count). The quantitative estimate of drug-likeness (QED) is 0.243. The lowest BCUT2D eigenvalue weighted by Crippen LogP contribution is -2.23. The highest BCUT2D eigenvalue weighted by Crippen LogP contribution is 2.44. The summed E-state index contributed by atoms with van der Waals surface area (Å²) in [6, 6.07) is 13.1. The summed E-state index contributed by atoms with van der Waals surface area (Å²) < 4.78 is 45.8. The minimum Gasteiger partial charge on any atom is -0.493 e. The molecule has 0 aliphatic heterocycles. The van der Waals surface area contributed by atoms with Gasteiger partial charge in [-0.3, -0.25) is 4.55 Å². The second kappa shape index (κ2) is 11.6. The van der Waals surface area contributed by atoms with Crippen LogP contribution in [0.4, 0.5) is 11.6 Å². The smallest absolute Gasteiger partial charge is 0.356 e. The van der Waals surface area contributed by atoms with Crippen LogP contribution in [0.3, 0.4) is 0 Å².